The topological polar surface area (TPSA) is 46.5 Å². The molecule has 3 heteroatoms. The second-order valence-electron chi connectivity index (χ2n) is 4.03. The number of benzene rings is 1. The van der Waals surface area contributed by atoms with Gasteiger partial charge in [0.15, 0.2) is 0 Å². The molecule has 1 aliphatic heterocycles. The van der Waals surface area contributed by atoms with Crippen LogP contribution in [0.3, 0.4) is 0 Å². The summed E-state index contributed by atoms with van der Waals surface area (Å²) in [5.41, 5.74) is 1.14. The van der Waals surface area contributed by atoms with Crippen molar-refractivity contribution in [2.75, 3.05) is 13.2 Å². The van der Waals surface area contributed by atoms with Gasteiger partial charge in [-0.3, -0.25) is 4.79 Å². The minimum absolute atomic E-state index is 0.0559. The maximum absolute atomic E-state index is 10.6. The molecule has 15 heavy (non-hydrogen) atoms. The third-order valence-electron chi connectivity index (χ3n) is 2.96. The molecule has 1 aliphatic rings. The van der Waals surface area contributed by atoms with E-state index in [1.165, 1.54) is 5.56 Å². The summed E-state index contributed by atoms with van der Waals surface area (Å²) in [6, 6.07) is 10.0. The molecule has 2 rings (SSSR count). The molecule has 0 unspecified atom stereocenters. The van der Waals surface area contributed by atoms with Gasteiger partial charge >= 0.3 is 5.97 Å². The van der Waals surface area contributed by atoms with Gasteiger partial charge in [0.2, 0.25) is 0 Å². The van der Waals surface area contributed by atoms with E-state index in [2.05, 4.69) is 0 Å². The van der Waals surface area contributed by atoms with E-state index >= 15 is 0 Å². The molecule has 3 nitrogen and oxygen atoms in total. The van der Waals surface area contributed by atoms with Gasteiger partial charge in [0.25, 0.3) is 0 Å². The number of carbonyl (C=O) groups is 1. The summed E-state index contributed by atoms with van der Waals surface area (Å²) in [7, 11) is 0. The maximum atomic E-state index is 10.6. The molecule has 1 aromatic carbocycles. The van der Waals surface area contributed by atoms with Crippen molar-refractivity contribution in [3.63, 3.8) is 0 Å². The predicted molar refractivity (Wildman–Crippen MR) is 55.8 cm³/mol. The van der Waals surface area contributed by atoms with Gasteiger partial charge in [-0.2, -0.15) is 0 Å². The Labute approximate surface area is 88.7 Å². The van der Waals surface area contributed by atoms with Crippen molar-refractivity contribution in [3.05, 3.63) is 35.9 Å². The monoisotopic (exact) mass is 206 g/mol. The van der Waals surface area contributed by atoms with Crippen LogP contribution in [0.25, 0.3) is 0 Å². The van der Waals surface area contributed by atoms with Crippen LogP contribution < -0.4 is 0 Å². The summed E-state index contributed by atoms with van der Waals surface area (Å²) >= 11 is 0. The smallest absolute Gasteiger partial charge is 0.303 e. The lowest BCUT2D eigenvalue weighted by atomic mass is 9.75. The molecule has 1 heterocycles. The van der Waals surface area contributed by atoms with Crippen LogP contribution in [0, 0.1) is 0 Å². The highest BCUT2D eigenvalue weighted by molar-refractivity contribution is 5.67. The van der Waals surface area contributed by atoms with Gasteiger partial charge in [0, 0.05) is 11.8 Å². The van der Waals surface area contributed by atoms with E-state index in [4.69, 9.17) is 9.84 Å². The number of aliphatic carboxylic acids is 1. The Morgan fingerprint density at radius 2 is 2.00 bits per heavy atom. The second kappa shape index (κ2) is 4.03. The highest BCUT2D eigenvalue weighted by atomic mass is 16.5. The van der Waals surface area contributed by atoms with Gasteiger partial charge in [0.1, 0.15) is 0 Å². The molecule has 0 spiro atoms. The molecule has 0 saturated carbocycles. The van der Waals surface area contributed by atoms with Crippen molar-refractivity contribution in [3.8, 4) is 0 Å². The maximum Gasteiger partial charge on any atom is 0.303 e. The molecule has 1 saturated heterocycles. The standard InChI is InChI=1S/C12H14O3/c13-11(14)6-7-12(8-15-9-12)10-4-2-1-3-5-10/h1-5H,6-9H2,(H,13,14). The van der Waals surface area contributed by atoms with Crippen LogP contribution in [-0.4, -0.2) is 24.3 Å². The molecule has 1 aromatic rings. The second-order valence-corrected chi connectivity index (χ2v) is 4.03. The number of hydrogen-bond donors (Lipinski definition) is 1. The zero-order valence-corrected chi connectivity index (χ0v) is 8.48. The predicted octanol–water partition coefficient (Wildman–Crippen LogP) is 1.82. The van der Waals surface area contributed by atoms with Crippen molar-refractivity contribution in [2.45, 2.75) is 18.3 Å². The van der Waals surface area contributed by atoms with Crippen LogP contribution in [0.5, 0.6) is 0 Å². The van der Waals surface area contributed by atoms with Crippen molar-refractivity contribution in [1.82, 2.24) is 0 Å². The van der Waals surface area contributed by atoms with E-state index < -0.39 is 5.97 Å². The van der Waals surface area contributed by atoms with Crippen molar-refractivity contribution >= 4 is 5.97 Å². The average Bonchev–Trinajstić information content (AvgIpc) is 2.17. The van der Waals surface area contributed by atoms with Gasteiger partial charge in [0.05, 0.1) is 13.2 Å². The first kappa shape index (κ1) is 10.2. The number of hydrogen-bond acceptors (Lipinski definition) is 2. The molecule has 1 N–H and O–H groups in total. The van der Waals surface area contributed by atoms with Gasteiger partial charge < -0.3 is 9.84 Å². The molecule has 0 radical (unpaired) electrons. The van der Waals surface area contributed by atoms with Crippen LogP contribution in [0.15, 0.2) is 30.3 Å². The molecule has 0 aromatic heterocycles. The fourth-order valence-corrected chi connectivity index (χ4v) is 1.94. The summed E-state index contributed by atoms with van der Waals surface area (Å²) in [6.45, 7) is 1.29. The van der Waals surface area contributed by atoms with Gasteiger partial charge in [-0.1, -0.05) is 30.3 Å². The molecular formula is C12H14O3. The zero-order valence-electron chi connectivity index (χ0n) is 8.48. The first-order valence-electron chi connectivity index (χ1n) is 5.08. The summed E-state index contributed by atoms with van der Waals surface area (Å²) in [6.07, 6.45) is 0.866. The molecule has 0 amide bonds. The van der Waals surface area contributed by atoms with Crippen LogP contribution in [0.2, 0.25) is 0 Å². The summed E-state index contributed by atoms with van der Waals surface area (Å²) in [4.78, 5) is 10.6. The fraction of sp³-hybridized carbons (Fsp3) is 0.417. The van der Waals surface area contributed by atoms with Crippen LogP contribution in [-0.2, 0) is 14.9 Å². The first-order valence-corrected chi connectivity index (χ1v) is 5.08. The van der Waals surface area contributed by atoms with E-state index in [0.717, 1.165) is 0 Å². The first-order chi connectivity index (χ1) is 7.23. The Morgan fingerprint density at radius 1 is 1.33 bits per heavy atom. The Balaban J connectivity index is 2.12. The summed E-state index contributed by atoms with van der Waals surface area (Å²) in [5, 5.41) is 8.70. The van der Waals surface area contributed by atoms with E-state index in [-0.39, 0.29) is 11.8 Å². The highest BCUT2D eigenvalue weighted by Crippen LogP contribution is 2.36. The minimum atomic E-state index is -0.739. The zero-order chi connectivity index (χ0) is 10.7. The average molecular weight is 206 g/mol. The van der Waals surface area contributed by atoms with Crippen LogP contribution in [0.1, 0.15) is 18.4 Å². The Hall–Kier alpha value is -1.35. The molecular weight excluding hydrogens is 192 g/mol. The van der Waals surface area contributed by atoms with Crippen LogP contribution >= 0.6 is 0 Å². The van der Waals surface area contributed by atoms with Crippen molar-refractivity contribution in [1.29, 1.82) is 0 Å². The number of ether oxygens (including phenoxy) is 1. The SMILES string of the molecule is O=C(O)CCC1(c2ccccc2)COC1. The third kappa shape index (κ3) is 2.02. The highest BCUT2D eigenvalue weighted by Gasteiger charge is 2.40. The summed E-state index contributed by atoms with van der Waals surface area (Å²) < 4.78 is 5.23. The lowest BCUT2D eigenvalue weighted by Gasteiger charge is -2.41. The van der Waals surface area contributed by atoms with E-state index in [1.807, 2.05) is 30.3 Å². The molecule has 0 aliphatic carbocycles. The third-order valence-corrected chi connectivity index (χ3v) is 2.96. The van der Waals surface area contributed by atoms with Crippen LogP contribution in [0.4, 0.5) is 0 Å². The van der Waals surface area contributed by atoms with Gasteiger partial charge in [-0.15, -0.1) is 0 Å². The Bertz CT molecular complexity index is 341. The number of carboxylic acid groups (broad SMARTS) is 1. The largest absolute Gasteiger partial charge is 0.481 e. The Kier molecular flexibility index (Phi) is 2.73. The summed E-state index contributed by atoms with van der Waals surface area (Å²) in [5.74, 6) is -0.739. The van der Waals surface area contributed by atoms with Crippen molar-refractivity contribution < 1.29 is 14.6 Å². The molecule has 0 atom stereocenters. The lowest BCUT2D eigenvalue weighted by molar-refractivity contribution is -0.139. The molecule has 1 fully saturated rings. The molecule has 80 valence electrons. The van der Waals surface area contributed by atoms with Crippen molar-refractivity contribution in [2.24, 2.45) is 0 Å². The van der Waals surface area contributed by atoms with E-state index in [9.17, 15) is 4.79 Å². The molecule has 0 bridgehead atoms. The van der Waals surface area contributed by atoms with E-state index in [1.54, 1.807) is 0 Å². The minimum Gasteiger partial charge on any atom is -0.481 e. The fourth-order valence-electron chi connectivity index (χ4n) is 1.94. The van der Waals surface area contributed by atoms with Gasteiger partial charge in [-0.25, -0.2) is 0 Å². The number of carboxylic acids is 1. The lowest BCUT2D eigenvalue weighted by Crippen LogP contribution is -2.47. The number of rotatable bonds is 4. The van der Waals surface area contributed by atoms with Gasteiger partial charge in [-0.05, 0) is 12.0 Å². The normalized spacial score (nSPS) is 18.1. The Morgan fingerprint density at radius 3 is 2.47 bits per heavy atom. The quantitative estimate of drug-likeness (QED) is 0.817. The van der Waals surface area contributed by atoms with E-state index in [0.29, 0.717) is 19.6 Å².